The van der Waals surface area contributed by atoms with Crippen molar-refractivity contribution >= 4 is 23.3 Å². The lowest BCUT2D eigenvalue weighted by molar-refractivity contribution is 0.0991. The molecule has 0 aliphatic carbocycles. The molecule has 0 saturated carbocycles. The Hall–Kier alpha value is -3.86. The van der Waals surface area contributed by atoms with Gasteiger partial charge in [-0.25, -0.2) is 13.2 Å². The first-order valence-corrected chi connectivity index (χ1v) is 9.93. The Labute approximate surface area is 193 Å². The van der Waals surface area contributed by atoms with Crippen molar-refractivity contribution in [2.75, 3.05) is 5.32 Å². The molecular weight excluding hydrogens is 485 g/mol. The first kappa shape index (κ1) is 23.3. The third-order valence-corrected chi connectivity index (χ3v) is 4.76. The van der Waals surface area contributed by atoms with Crippen molar-refractivity contribution in [2.45, 2.75) is 13.2 Å². The van der Waals surface area contributed by atoms with Gasteiger partial charge in [-0.2, -0.15) is 13.9 Å². The molecule has 0 spiro atoms. The molecule has 176 valence electrons. The number of nitrogens with one attached hydrogen (secondary N) is 1. The largest absolute Gasteiger partial charge is 0.479 e. The van der Waals surface area contributed by atoms with E-state index in [0.29, 0.717) is 11.6 Å². The number of nitrogens with zero attached hydrogens (tertiary/aromatic N) is 2. The highest BCUT2D eigenvalue weighted by Gasteiger charge is 2.27. The quantitative estimate of drug-likeness (QED) is 0.202. The summed E-state index contributed by atoms with van der Waals surface area (Å²) in [6.07, 6.45) is 1.64. The van der Waals surface area contributed by atoms with Crippen molar-refractivity contribution in [3.63, 3.8) is 0 Å². The van der Waals surface area contributed by atoms with Crippen LogP contribution in [0.4, 0.5) is 27.8 Å². The van der Waals surface area contributed by atoms with Gasteiger partial charge in [0.15, 0.2) is 17.3 Å². The molecule has 2 aromatic heterocycles. The van der Waals surface area contributed by atoms with E-state index in [2.05, 4.69) is 10.4 Å². The van der Waals surface area contributed by atoms with Crippen LogP contribution in [0.15, 0.2) is 53.1 Å². The minimum absolute atomic E-state index is 0.0967. The zero-order valence-electron chi connectivity index (χ0n) is 16.9. The van der Waals surface area contributed by atoms with Gasteiger partial charge < -0.3 is 14.5 Å². The number of furan rings is 1. The predicted molar refractivity (Wildman–Crippen MR) is 110 cm³/mol. The standard InChI is InChI=1S/C22H13ClF5N3O3/c23-12-3-1-2-11(8-12)9-31-7-6-15(30-31)29-22(32)14-5-4-13(34-14)10-33-21-19(27)17(25)16(24)18(26)20(21)28/h1-8H,9-10H2,(H,29,30,32). The van der Waals surface area contributed by atoms with Gasteiger partial charge in [-0.05, 0) is 29.8 Å². The van der Waals surface area contributed by atoms with Crippen LogP contribution in [0.5, 0.6) is 5.75 Å². The number of benzene rings is 2. The van der Waals surface area contributed by atoms with Crippen LogP contribution in [-0.4, -0.2) is 15.7 Å². The summed E-state index contributed by atoms with van der Waals surface area (Å²) in [5.41, 5.74) is 0.901. The third-order valence-electron chi connectivity index (χ3n) is 4.53. The lowest BCUT2D eigenvalue weighted by atomic mass is 10.2. The molecule has 2 aromatic carbocycles. The lowest BCUT2D eigenvalue weighted by Gasteiger charge is -2.09. The fourth-order valence-corrected chi connectivity index (χ4v) is 3.16. The van der Waals surface area contributed by atoms with Gasteiger partial charge in [0.25, 0.3) is 5.91 Å². The maximum Gasteiger partial charge on any atom is 0.292 e. The lowest BCUT2D eigenvalue weighted by Crippen LogP contribution is -2.12. The van der Waals surface area contributed by atoms with Crippen molar-refractivity contribution in [3.05, 3.63) is 99.9 Å². The molecule has 12 heteroatoms. The second-order valence-electron chi connectivity index (χ2n) is 6.94. The van der Waals surface area contributed by atoms with E-state index in [9.17, 15) is 26.7 Å². The number of aromatic nitrogens is 2. The Kier molecular flexibility index (Phi) is 6.55. The van der Waals surface area contributed by atoms with Gasteiger partial charge in [-0.15, -0.1) is 0 Å². The SMILES string of the molecule is O=C(Nc1ccn(Cc2cccc(Cl)c2)n1)c1ccc(COc2c(F)c(F)c(F)c(F)c2F)o1. The molecule has 0 saturated heterocycles. The Balaban J connectivity index is 1.38. The molecule has 0 unspecified atom stereocenters. The number of carbonyl (C=O) groups excluding carboxylic acids is 1. The first-order chi connectivity index (χ1) is 16.2. The van der Waals surface area contributed by atoms with Crippen molar-refractivity contribution in [1.29, 1.82) is 0 Å². The van der Waals surface area contributed by atoms with E-state index in [0.717, 1.165) is 5.56 Å². The van der Waals surface area contributed by atoms with Crippen molar-refractivity contribution in [2.24, 2.45) is 0 Å². The van der Waals surface area contributed by atoms with E-state index in [1.54, 1.807) is 35.1 Å². The highest BCUT2D eigenvalue weighted by atomic mass is 35.5. The fourth-order valence-electron chi connectivity index (χ4n) is 2.95. The van der Waals surface area contributed by atoms with E-state index in [1.165, 1.54) is 12.1 Å². The number of halogens is 6. The smallest absolute Gasteiger partial charge is 0.292 e. The van der Waals surface area contributed by atoms with Crippen LogP contribution < -0.4 is 10.1 Å². The number of ether oxygens (including phenoxy) is 1. The minimum Gasteiger partial charge on any atom is -0.479 e. The van der Waals surface area contributed by atoms with Crippen LogP contribution in [-0.2, 0) is 13.2 Å². The number of rotatable bonds is 7. The van der Waals surface area contributed by atoms with Crippen LogP contribution in [0.2, 0.25) is 5.02 Å². The normalized spacial score (nSPS) is 11.0. The second-order valence-corrected chi connectivity index (χ2v) is 7.37. The van der Waals surface area contributed by atoms with Crippen LogP contribution >= 0.6 is 11.6 Å². The van der Waals surface area contributed by atoms with Gasteiger partial charge in [-0.3, -0.25) is 9.48 Å². The highest BCUT2D eigenvalue weighted by Crippen LogP contribution is 2.30. The van der Waals surface area contributed by atoms with Gasteiger partial charge in [0.1, 0.15) is 12.4 Å². The molecule has 1 N–H and O–H groups in total. The number of anilines is 1. The predicted octanol–water partition coefficient (Wildman–Crippen LogP) is 5.70. The van der Waals surface area contributed by atoms with E-state index in [4.69, 9.17) is 20.8 Å². The van der Waals surface area contributed by atoms with Crippen LogP contribution in [0.1, 0.15) is 21.9 Å². The maximum atomic E-state index is 13.7. The maximum absolute atomic E-state index is 13.7. The summed E-state index contributed by atoms with van der Waals surface area (Å²) in [6, 6.07) is 11.2. The number of carbonyl (C=O) groups is 1. The number of hydrogen-bond acceptors (Lipinski definition) is 4. The van der Waals surface area contributed by atoms with Crippen molar-refractivity contribution in [3.8, 4) is 5.75 Å². The molecule has 4 aromatic rings. The molecule has 4 rings (SSSR count). The van der Waals surface area contributed by atoms with Gasteiger partial charge >= 0.3 is 0 Å². The Morgan fingerprint density at radius 3 is 2.41 bits per heavy atom. The van der Waals surface area contributed by atoms with Gasteiger partial charge in [0.2, 0.25) is 29.1 Å². The average Bonchev–Trinajstić information content (AvgIpc) is 3.46. The van der Waals surface area contributed by atoms with E-state index < -0.39 is 47.3 Å². The van der Waals surface area contributed by atoms with Crippen LogP contribution in [0.25, 0.3) is 0 Å². The molecular formula is C22H13ClF5N3O3. The Morgan fingerprint density at radius 1 is 1.00 bits per heavy atom. The first-order valence-electron chi connectivity index (χ1n) is 9.55. The topological polar surface area (TPSA) is 69.3 Å². The van der Waals surface area contributed by atoms with Gasteiger partial charge in [0.05, 0.1) is 6.54 Å². The van der Waals surface area contributed by atoms with Crippen LogP contribution in [0, 0.1) is 29.1 Å². The summed E-state index contributed by atoms with van der Waals surface area (Å²) >= 11 is 5.96. The van der Waals surface area contributed by atoms with E-state index >= 15 is 0 Å². The number of amides is 1. The van der Waals surface area contributed by atoms with Crippen molar-refractivity contribution < 1.29 is 35.9 Å². The molecule has 0 radical (unpaired) electrons. The fraction of sp³-hybridized carbons (Fsp3) is 0.0909. The summed E-state index contributed by atoms with van der Waals surface area (Å²) in [4.78, 5) is 12.4. The van der Waals surface area contributed by atoms with E-state index in [-0.39, 0.29) is 17.3 Å². The van der Waals surface area contributed by atoms with Crippen LogP contribution in [0.3, 0.4) is 0 Å². The molecule has 0 aliphatic rings. The molecule has 2 heterocycles. The molecule has 34 heavy (non-hydrogen) atoms. The van der Waals surface area contributed by atoms with E-state index in [1.807, 2.05) is 6.07 Å². The van der Waals surface area contributed by atoms with Crippen molar-refractivity contribution in [1.82, 2.24) is 9.78 Å². The molecule has 1 amide bonds. The summed E-state index contributed by atoms with van der Waals surface area (Å²) in [7, 11) is 0. The molecule has 0 aliphatic heterocycles. The molecule has 0 bridgehead atoms. The highest BCUT2D eigenvalue weighted by molar-refractivity contribution is 6.30. The minimum atomic E-state index is -2.30. The Morgan fingerprint density at radius 2 is 1.71 bits per heavy atom. The molecule has 0 fully saturated rings. The zero-order valence-corrected chi connectivity index (χ0v) is 17.7. The third kappa shape index (κ3) is 4.88. The second kappa shape index (κ2) is 9.56. The summed E-state index contributed by atoms with van der Waals surface area (Å²) < 4.78 is 78.5. The molecule has 6 nitrogen and oxygen atoms in total. The number of hydrogen-bond donors (Lipinski definition) is 1. The average molecular weight is 498 g/mol. The van der Waals surface area contributed by atoms with Gasteiger partial charge in [-0.1, -0.05) is 23.7 Å². The summed E-state index contributed by atoms with van der Waals surface area (Å²) in [5.74, 6) is -13.0. The zero-order chi connectivity index (χ0) is 24.4. The summed E-state index contributed by atoms with van der Waals surface area (Å²) in [5, 5.41) is 7.31. The Bertz CT molecular complexity index is 1340. The molecule has 0 atom stereocenters. The monoisotopic (exact) mass is 497 g/mol. The summed E-state index contributed by atoms with van der Waals surface area (Å²) in [6.45, 7) is -0.281. The van der Waals surface area contributed by atoms with Gasteiger partial charge in [0, 0.05) is 17.3 Å².